The summed E-state index contributed by atoms with van der Waals surface area (Å²) in [5, 5.41) is 11.6. The number of nitrogens with one attached hydrogen (secondary N) is 1. The maximum Gasteiger partial charge on any atom is 0.225 e. The van der Waals surface area contributed by atoms with Gasteiger partial charge in [0.25, 0.3) is 0 Å². The highest BCUT2D eigenvalue weighted by Crippen LogP contribution is 2.13. The Morgan fingerprint density at radius 1 is 1.44 bits per heavy atom. The maximum absolute atomic E-state index is 11.5. The zero-order chi connectivity index (χ0) is 12.0. The van der Waals surface area contributed by atoms with E-state index in [0.29, 0.717) is 24.2 Å². The van der Waals surface area contributed by atoms with E-state index in [9.17, 15) is 4.79 Å². The summed E-state index contributed by atoms with van der Waals surface area (Å²) in [4.78, 5) is 13.5. The summed E-state index contributed by atoms with van der Waals surface area (Å²) in [6.07, 6.45) is 0.423. The van der Waals surface area contributed by atoms with E-state index in [4.69, 9.17) is 5.26 Å². The minimum absolute atomic E-state index is 0.0728. The third kappa shape index (κ3) is 3.71. The zero-order valence-corrected chi connectivity index (χ0v) is 9.53. The van der Waals surface area contributed by atoms with E-state index < -0.39 is 0 Å². The van der Waals surface area contributed by atoms with E-state index in [1.54, 1.807) is 24.3 Å². The van der Waals surface area contributed by atoms with Crippen molar-refractivity contribution in [3.05, 3.63) is 29.8 Å². The summed E-state index contributed by atoms with van der Waals surface area (Å²) < 4.78 is 0. The summed E-state index contributed by atoms with van der Waals surface area (Å²) in [5.74, 6) is -0.0728. The molecule has 1 aromatic rings. The maximum atomic E-state index is 11.5. The number of amides is 1. The quantitative estimate of drug-likeness (QED) is 0.830. The lowest BCUT2D eigenvalue weighted by molar-refractivity contribution is -0.116. The highest BCUT2D eigenvalue weighted by Gasteiger charge is 2.06. The van der Waals surface area contributed by atoms with Crippen molar-refractivity contribution in [1.29, 1.82) is 5.26 Å². The lowest BCUT2D eigenvalue weighted by atomic mass is 10.2. The summed E-state index contributed by atoms with van der Waals surface area (Å²) >= 11 is 0. The number of nitrogens with zero attached hydrogens (tertiary/aromatic N) is 2. The van der Waals surface area contributed by atoms with Crippen LogP contribution in [0.3, 0.4) is 0 Å². The third-order valence-electron chi connectivity index (χ3n) is 2.11. The summed E-state index contributed by atoms with van der Waals surface area (Å²) in [6, 6.07) is 9.02. The van der Waals surface area contributed by atoms with Gasteiger partial charge in [-0.25, -0.2) is 0 Å². The predicted octanol–water partition coefficient (Wildman–Crippen LogP) is 1.45. The molecule has 0 aliphatic carbocycles. The summed E-state index contributed by atoms with van der Waals surface area (Å²) in [5.41, 5.74) is 1.06. The zero-order valence-electron chi connectivity index (χ0n) is 9.53. The molecule has 1 N–H and O–H groups in total. The SMILES string of the molecule is CN(C)CCC(=O)Nc1ccccc1C#N. The van der Waals surface area contributed by atoms with Gasteiger partial charge >= 0.3 is 0 Å². The van der Waals surface area contributed by atoms with E-state index in [1.165, 1.54) is 0 Å². The second-order valence-electron chi connectivity index (χ2n) is 3.76. The van der Waals surface area contributed by atoms with Crippen molar-refractivity contribution >= 4 is 11.6 Å². The second kappa shape index (κ2) is 5.89. The molecule has 4 nitrogen and oxygen atoms in total. The molecule has 0 aromatic heterocycles. The van der Waals surface area contributed by atoms with Crippen LogP contribution in [0.15, 0.2) is 24.3 Å². The molecule has 0 saturated heterocycles. The minimum atomic E-state index is -0.0728. The topological polar surface area (TPSA) is 56.1 Å². The largest absolute Gasteiger partial charge is 0.325 e. The Morgan fingerprint density at radius 3 is 2.75 bits per heavy atom. The molecule has 0 saturated carbocycles. The Morgan fingerprint density at radius 2 is 2.12 bits per heavy atom. The van der Waals surface area contributed by atoms with Crippen LogP contribution in [-0.2, 0) is 4.79 Å². The fraction of sp³-hybridized carbons (Fsp3) is 0.333. The fourth-order valence-electron chi connectivity index (χ4n) is 1.23. The minimum Gasteiger partial charge on any atom is -0.325 e. The fourth-order valence-corrected chi connectivity index (χ4v) is 1.23. The monoisotopic (exact) mass is 217 g/mol. The van der Waals surface area contributed by atoms with Crippen molar-refractivity contribution in [1.82, 2.24) is 4.90 Å². The molecule has 0 unspecified atom stereocenters. The van der Waals surface area contributed by atoms with E-state index in [-0.39, 0.29) is 5.91 Å². The molecule has 16 heavy (non-hydrogen) atoms. The molecule has 1 aromatic carbocycles. The van der Waals surface area contributed by atoms with Crippen LogP contribution in [0.1, 0.15) is 12.0 Å². The van der Waals surface area contributed by atoms with Crippen molar-refractivity contribution < 1.29 is 4.79 Å². The molecular formula is C12H15N3O. The van der Waals surface area contributed by atoms with Crippen molar-refractivity contribution in [2.45, 2.75) is 6.42 Å². The van der Waals surface area contributed by atoms with Crippen molar-refractivity contribution in [3.63, 3.8) is 0 Å². The molecule has 0 atom stereocenters. The number of anilines is 1. The predicted molar refractivity (Wildman–Crippen MR) is 63.0 cm³/mol. The molecular weight excluding hydrogens is 202 g/mol. The molecule has 0 aliphatic rings. The molecule has 84 valence electrons. The first-order valence-corrected chi connectivity index (χ1v) is 5.07. The van der Waals surface area contributed by atoms with Gasteiger partial charge in [0.15, 0.2) is 0 Å². The van der Waals surface area contributed by atoms with Crippen LogP contribution in [0.25, 0.3) is 0 Å². The van der Waals surface area contributed by atoms with Crippen molar-refractivity contribution in [2.75, 3.05) is 26.0 Å². The second-order valence-corrected chi connectivity index (χ2v) is 3.76. The average Bonchev–Trinajstić information content (AvgIpc) is 2.27. The van der Waals surface area contributed by atoms with E-state index >= 15 is 0 Å². The van der Waals surface area contributed by atoms with Gasteiger partial charge in [-0.3, -0.25) is 4.79 Å². The Kier molecular flexibility index (Phi) is 4.49. The Labute approximate surface area is 95.5 Å². The van der Waals surface area contributed by atoms with Gasteiger partial charge in [0.2, 0.25) is 5.91 Å². The normalized spacial score (nSPS) is 9.88. The van der Waals surface area contributed by atoms with E-state index in [0.717, 1.165) is 0 Å². The highest BCUT2D eigenvalue weighted by molar-refractivity contribution is 5.92. The lowest BCUT2D eigenvalue weighted by Gasteiger charge is -2.10. The number of carbonyl (C=O) groups is 1. The number of carbonyl (C=O) groups excluding carboxylic acids is 1. The van der Waals surface area contributed by atoms with E-state index in [2.05, 4.69) is 5.32 Å². The molecule has 1 amide bonds. The number of nitriles is 1. The van der Waals surface area contributed by atoms with Crippen LogP contribution in [0, 0.1) is 11.3 Å². The molecule has 0 aliphatic heterocycles. The Balaban J connectivity index is 2.60. The Hall–Kier alpha value is -1.86. The van der Waals surface area contributed by atoms with Gasteiger partial charge in [-0.15, -0.1) is 0 Å². The summed E-state index contributed by atoms with van der Waals surface area (Å²) in [6.45, 7) is 0.695. The van der Waals surface area contributed by atoms with Gasteiger partial charge < -0.3 is 10.2 Å². The molecule has 1 rings (SSSR count). The third-order valence-corrected chi connectivity index (χ3v) is 2.11. The van der Waals surface area contributed by atoms with Gasteiger partial charge in [0.1, 0.15) is 6.07 Å². The standard InChI is InChI=1S/C12H15N3O/c1-15(2)8-7-12(16)14-11-6-4-3-5-10(11)9-13/h3-6H,7-8H2,1-2H3,(H,14,16). The number of hydrogen-bond acceptors (Lipinski definition) is 3. The van der Waals surface area contributed by atoms with E-state index in [1.807, 2.05) is 25.1 Å². The van der Waals surface area contributed by atoms with Gasteiger partial charge in [-0.05, 0) is 26.2 Å². The number of benzene rings is 1. The molecule has 4 heteroatoms. The molecule has 0 bridgehead atoms. The van der Waals surface area contributed by atoms with Crippen molar-refractivity contribution in [2.24, 2.45) is 0 Å². The lowest BCUT2D eigenvalue weighted by Crippen LogP contribution is -2.21. The first-order valence-electron chi connectivity index (χ1n) is 5.07. The molecule has 0 heterocycles. The molecule has 0 spiro atoms. The van der Waals surface area contributed by atoms with Gasteiger partial charge in [0, 0.05) is 13.0 Å². The van der Waals surface area contributed by atoms with Crippen LogP contribution >= 0.6 is 0 Å². The van der Waals surface area contributed by atoms with Crippen LogP contribution in [0.5, 0.6) is 0 Å². The van der Waals surface area contributed by atoms with Crippen LogP contribution < -0.4 is 5.32 Å². The van der Waals surface area contributed by atoms with Crippen LogP contribution in [0.4, 0.5) is 5.69 Å². The van der Waals surface area contributed by atoms with Gasteiger partial charge in [0.05, 0.1) is 11.3 Å². The number of rotatable bonds is 4. The average molecular weight is 217 g/mol. The van der Waals surface area contributed by atoms with Gasteiger partial charge in [-0.1, -0.05) is 12.1 Å². The Bertz CT molecular complexity index is 407. The number of para-hydroxylation sites is 1. The highest BCUT2D eigenvalue weighted by atomic mass is 16.1. The van der Waals surface area contributed by atoms with Crippen molar-refractivity contribution in [3.8, 4) is 6.07 Å². The van der Waals surface area contributed by atoms with Gasteiger partial charge in [-0.2, -0.15) is 5.26 Å². The van der Waals surface area contributed by atoms with Crippen LogP contribution in [0.2, 0.25) is 0 Å². The first kappa shape index (κ1) is 12.2. The number of hydrogen-bond donors (Lipinski definition) is 1. The molecule has 0 fully saturated rings. The summed E-state index contributed by atoms with van der Waals surface area (Å²) in [7, 11) is 3.83. The first-order chi connectivity index (χ1) is 7.63. The van der Waals surface area contributed by atoms with Crippen LogP contribution in [-0.4, -0.2) is 31.4 Å². The smallest absolute Gasteiger partial charge is 0.225 e. The molecule has 0 radical (unpaired) electrons.